The van der Waals surface area contributed by atoms with Crippen molar-refractivity contribution in [1.29, 1.82) is 0 Å². The number of rotatable bonds is 4. The molecule has 3 rings (SSSR count). The van der Waals surface area contributed by atoms with Crippen LogP contribution in [0, 0.1) is 6.92 Å². The minimum Gasteiger partial charge on any atom is -0.348 e. The van der Waals surface area contributed by atoms with Crippen molar-refractivity contribution in [2.75, 3.05) is 0 Å². The van der Waals surface area contributed by atoms with Crippen LogP contribution < -0.4 is 10.9 Å². The quantitative estimate of drug-likeness (QED) is 0.656. The van der Waals surface area contributed by atoms with Crippen molar-refractivity contribution in [3.8, 4) is 11.3 Å². The lowest BCUT2D eigenvalue weighted by molar-refractivity contribution is -0.136. The van der Waals surface area contributed by atoms with Gasteiger partial charge < -0.3 is 10.3 Å². The van der Waals surface area contributed by atoms with Crippen LogP contribution in [0.2, 0.25) is 5.02 Å². The topological polar surface area (TPSA) is 79.3 Å². The monoisotopic (exact) mass is 426 g/mol. The van der Waals surface area contributed by atoms with Crippen molar-refractivity contribution in [2.45, 2.75) is 39.4 Å². The minimum absolute atomic E-state index is 0.217. The molecule has 0 saturated carbocycles. The molecule has 10 heteroatoms. The maximum atomic E-state index is 13.7. The van der Waals surface area contributed by atoms with Crippen molar-refractivity contribution < 1.29 is 18.0 Å². The number of amides is 1. The van der Waals surface area contributed by atoms with Gasteiger partial charge in [-0.15, -0.1) is 0 Å². The number of hydrogen-bond acceptors (Lipinski definition) is 3. The van der Waals surface area contributed by atoms with E-state index in [0.29, 0.717) is 17.0 Å². The zero-order valence-electron chi connectivity index (χ0n) is 15.8. The van der Waals surface area contributed by atoms with Crippen LogP contribution in [0.5, 0.6) is 0 Å². The number of alkyl halides is 3. The van der Waals surface area contributed by atoms with Gasteiger partial charge in [-0.05, 0) is 31.9 Å². The summed E-state index contributed by atoms with van der Waals surface area (Å²) in [6.07, 6.45) is -3.18. The van der Waals surface area contributed by atoms with Gasteiger partial charge in [-0.1, -0.05) is 30.7 Å². The molecule has 2 N–H and O–H groups in total. The number of benzene rings is 1. The van der Waals surface area contributed by atoms with E-state index in [1.54, 1.807) is 39.0 Å². The first-order valence-corrected chi connectivity index (χ1v) is 9.21. The Morgan fingerprint density at radius 3 is 2.66 bits per heavy atom. The van der Waals surface area contributed by atoms with Crippen LogP contribution in [0.4, 0.5) is 13.2 Å². The summed E-state index contributed by atoms with van der Waals surface area (Å²) in [5, 5.41) is 6.68. The van der Waals surface area contributed by atoms with Crippen LogP contribution in [0.15, 0.2) is 29.2 Å². The van der Waals surface area contributed by atoms with Gasteiger partial charge in [0.15, 0.2) is 5.69 Å². The van der Waals surface area contributed by atoms with Gasteiger partial charge in [-0.3, -0.25) is 9.59 Å². The number of carbonyl (C=O) groups excluding carboxylic acids is 1. The summed E-state index contributed by atoms with van der Waals surface area (Å²) in [6, 6.07) is 4.62. The van der Waals surface area contributed by atoms with Crippen LogP contribution in [0.25, 0.3) is 16.8 Å². The standard InChI is InChI=1S/C19H18ClF3N4O2/c1-4-10(3)24-17(28)15-14(19(21,22)23)16-18(29)25-13(8-27(16)26-15)11-6-5-9(2)12(20)7-11/h5-8,10H,4H2,1-3H3,(H,24,28)(H,25,29)/t10-/m0/s1. The molecule has 1 aromatic carbocycles. The van der Waals surface area contributed by atoms with E-state index in [4.69, 9.17) is 11.6 Å². The molecule has 6 nitrogen and oxygen atoms in total. The van der Waals surface area contributed by atoms with Gasteiger partial charge >= 0.3 is 6.18 Å². The molecule has 3 aromatic rings. The van der Waals surface area contributed by atoms with Crippen molar-refractivity contribution >= 4 is 23.0 Å². The Kier molecular flexibility index (Phi) is 5.44. The lowest BCUT2D eigenvalue weighted by atomic mass is 10.1. The van der Waals surface area contributed by atoms with E-state index in [1.165, 1.54) is 6.20 Å². The predicted octanol–water partition coefficient (Wildman–Crippen LogP) is 4.20. The first-order chi connectivity index (χ1) is 13.5. The summed E-state index contributed by atoms with van der Waals surface area (Å²) in [6.45, 7) is 5.24. The third-order valence-electron chi connectivity index (χ3n) is 4.60. The van der Waals surface area contributed by atoms with Crippen molar-refractivity contribution in [2.24, 2.45) is 0 Å². The fourth-order valence-electron chi connectivity index (χ4n) is 2.81. The molecule has 2 aromatic heterocycles. The highest BCUT2D eigenvalue weighted by molar-refractivity contribution is 6.31. The number of nitrogens with one attached hydrogen (secondary N) is 2. The van der Waals surface area contributed by atoms with Crippen LogP contribution in [-0.2, 0) is 6.18 Å². The molecule has 0 unspecified atom stereocenters. The molecule has 0 aliphatic carbocycles. The van der Waals surface area contributed by atoms with E-state index >= 15 is 0 Å². The molecule has 1 amide bonds. The fraction of sp³-hybridized carbons (Fsp3) is 0.316. The van der Waals surface area contributed by atoms with Gasteiger partial charge in [-0.25, -0.2) is 4.52 Å². The fourth-order valence-corrected chi connectivity index (χ4v) is 2.99. The SMILES string of the molecule is CC[C@H](C)NC(=O)c1nn2cc(-c3ccc(C)c(Cl)c3)[nH]c(=O)c2c1C(F)(F)F. The Balaban J connectivity index is 2.23. The first-order valence-electron chi connectivity index (χ1n) is 8.83. The highest BCUT2D eigenvalue weighted by Crippen LogP contribution is 2.34. The molecule has 0 aliphatic heterocycles. The Bertz CT molecular complexity index is 1150. The largest absolute Gasteiger partial charge is 0.421 e. The number of aromatic amines is 1. The van der Waals surface area contributed by atoms with Crippen LogP contribution in [0.3, 0.4) is 0 Å². The summed E-state index contributed by atoms with van der Waals surface area (Å²) >= 11 is 6.10. The van der Waals surface area contributed by atoms with E-state index < -0.39 is 34.4 Å². The second kappa shape index (κ2) is 7.55. The smallest absolute Gasteiger partial charge is 0.348 e. The lowest BCUT2D eigenvalue weighted by Gasteiger charge is -2.11. The predicted molar refractivity (Wildman–Crippen MR) is 103 cm³/mol. The molecule has 0 saturated heterocycles. The summed E-state index contributed by atoms with van der Waals surface area (Å²) in [5.74, 6) is -0.991. The van der Waals surface area contributed by atoms with Crippen LogP contribution in [0.1, 0.15) is 41.9 Å². The van der Waals surface area contributed by atoms with E-state index in [0.717, 1.165) is 10.1 Å². The number of fused-ring (bicyclic) bond motifs is 1. The van der Waals surface area contributed by atoms with Crippen molar-refractivity contribution in [1.82, 2.24) is 19.9 Å². The van der Waals surface area contributed by atoms with Crippen LogP contribution >= 0.6 is 11.6 Å². The minimum atomic E-state index is -4.94. The third-order valence-corrected chi connectivity index (χ3v) is 5.00. The number of aromatic nitrogens is 3. The second-order valence-corrected chi connectivity index (χ2v) is 7.17. The van der Waals surface area contributed by atoms with Crippen molar-refractivity contribution in [3.05, 3.63) is 56.6 Å². The zero-order chi connectivity index (χ0) is 21.5. The molecule has 0 aliphatic rings. The maximum absolute atomic E-state index is 13.7. The average molecular weight is 427 g/mol. The lowest BCUT2D eigenvalue weighted by Crippen LogP contribution is -2.33. The molecule has 2 heterocycles. The van der Waals surface area contributed by atoms with E-state index in [9.17, 15) is 22.8 Å². The zero-order valence-corrected chi connectivity index (χ0v) is 16.6. The van der Waals surface area contributed by atoms with Gasteiger partial charge in [0.2, 0.25) is 0 Å². The molecule has 29 heavy (non-hydrogen) atoms. The number of H-pyrrole nitrogens is 1. The molecule has 0 radical (unpaired) electrons. The van der Waals surface area contributed by atoms with Gasteiger partial charge in [0.1, 0.15) is 11.1 Å². The summed E-state index contributed by atoms with van der Waals surface area (Å²) in [4.78, 5) is 27.3. The highest BCUT2D eigenvalue weighted by atomic mass is 35.5. The molecule has 0 spiro atoms. The number of halogens is 4. The Morgan fingerprint density at radius 1 is 1.38 bits per heavy atom. The van der Waals surface area contributed by atoms with Gasteiger partial charge in [0.05, 0.1) is 11.9 Å². The number of aryl methyl sites for hydroxylation is 1. The summed E-state index contributed by atoms with van der Waals surface area (Å²) in [7, 11) is 0. The second-order valence-electron chi connectivity index (χ2n) is 6.76. The van der Waals surface area contributed by atoms with E-state index in [2.05, 4.69) is 15.4 Å². The number of hydrogen-bond donors (Lipinski definition) is 2. The molecular weight excluding hydrogens is 409 g/mol. The third kappa shape index (κ3) is 4.00. The number of carbonyl (C=O) groups is 1. The Hall–Kier alpha value is -2.81. The first kappa shape index (κ1) is 20.9. The molecule has 154 valence electrons. The molecule has 0 bridgehead atoms. The molecule has 1 atom stereocenters. The van der Waals surface area contributed by atoms with Gasteiger partial charge in [0, 0.05) is 16.6 Å². The molecular formula is C19H18ClF3N4O2. The Morgan fingerprint density at radius 2 is 2.07 bits per heavy atom. The van der Waals surface area contributed by atoms with Gasteiger partial charge in [-0.2, -0.15) is 18.3 Å². The maximum Gasteiger partial charge on any atom is 0.421 e. The van der Waals surface area contributed by atoms with E-state index in [1.807, 2.05) is 0 Å². The normalized spacial score (nSPS) is 12.9. The van der Waals surface area contributed by atoms with Crippen molar-refractivity contribution in [3.63, 3.8) is 0 Å². The average Bonchev–Trinajstić information content (AvgIpc) is 3.04. The Labute approximate surface area is 168 Å². The van der Waals surface area contributed by atoms with Crippen LogP contribution in [-0.4, -0.2) is 26.5 Å². The number of nitrogens with zero attached hydrogens (tertiary/aromatic N) is 2. The van der Waals surface area contributed by atoms with Gasteiger partial charge in [0.25, 0.3) is 11.5 Å². The highest BCUT2D eigenvalue weighted by Gasteiger charge is 2.41. The summed E-state index contributed by atoms with van der Waals surface area (Å²) in [5.41, 5.74) is -2.45. The summed E-state index contributed by atoms with van der Waals surface area (Å²) < 4.78 is 41.9. The molecule has 0 fully saturated rings. The van der Waals surface area contributed by atoms with E-state index in [-0.39, 0.29) is 11.7 Å².